The molecule has 0 aliphatic rings. The van der Waals surface area contributed by atoms with Crippen LogP contribution < -0.4 is 0 Å². The maximum absolute atomic E-state index is 2.58. The molecule has 0 radical (unpaired) electrons. The van der Waals surface area contributed by atoms with Gasteiger partial charge in [-0.2, -0.15) is 0 Å². The molecule has 31 rings (SSSR count). The van der Waals surface area contributed by atoms with E-state index in [0.29, 0.717) is 0 Å². The predicted molar refractivity (Wildman–Crippen MR) is 647 cm³/mol. The third-order valence-electron chi connectivity index (χ3n) is 32.8. The summed E-state index contributed by atoms with van der Waals surface area (Å²) < 4.78 is 0. The fraction of sp³-hybridized carbons (Fsp3) is 0. The standard InChI is InChI=1S/C150H90/c1-7-19-103-73-109(43-25-91(103)13-1)115-61-67-133-121(79-115)49-31-97-37-55-127(85-139(97)133)145-146(128-56-38-98-32-50-122-80-116(62-68-134(122)140(98)86-128)110-44-26-92-14-2-8-20-104(92)74-110)148(130-58-40-100-34-52-124-82-118(64-70-136(124)142(100)88-130)112-46-28-94-16-4-10-22-106(94)76-112)150(132-60-42-102-36-54-126-84-120(66-72-138(126)144(102)90-132)114-48-30-96-18-6-12-24-108(96)78-114)149(131-59-41-101-35-53-125-83-119(65-71-137(125)143(101)89-131)113-47-29-95-17-5-11-23-107(95)77-113)147(145)129-57-39-99-33-51-123-81-117(63-69-135(123)141(99)87-129)111-45-27-93-15-3-9-21-105(93)75-111/h1-90H. The molecule has 0 aliphatic heterocycles. The summed E-state index contributed by atoms with van der Waals surface area (Å²) in [5.74, 6) is 0. The van der Waals surface area contributed by atoms with Crippen LogP contribution in [0.2, 0.25) is 0 Å². The highest BCUT2D eigenvalue weighted by molar-refractivity contribution is 6.24. The van der Waals surface area contributed by atoms with Gasteiger partial charge in [0.15, 0.2) is 0 Å². The van der Waals surface area contributed by atoms with E-state index in [0.717, 1.165) is 99.1 Å². The summed E-state index contributed by atoms with van der Waals surface area (Å²) in [6.45, 7) is 0. The van der Waals surface area contributed by atoms with Crippen LogP contribution in [0.25, 0.3) is 327 Å². The van der Waals surface area contributed by atoms with Crippen LogP contribution in [0.5, 0.6) is 0 Å². The van der Waals surface area contributed by atoms with E-state index in [9.17, 15) is 0 Å². The zero-order valence-electron chi connectivity index (χ0n) is 82.0. The summed E-state index contributed by atoms with van der Waals surface area (Å²) in [6.07, 6.45) is 0. The summed E-state index contributed by atoms with van der Waals surface area (Å²) in [6, 6.07) is 210. The van der Waals surface area contributed by atoms with E-state index in [1.165, 1.54) is 228 Å². The first-order valence-electron chi connectivity index (χ1n) is 52.2. The Balaban J connectivity index is 0.751. The molecule has 150 heavy (non-hydrogen) atoms. The first kappa shape index (κ1) is 85.0. The molecule has 0 spiro atoms. The average Bonchev–Trinajstić information content (AvgIpc) is 0.698. The van der Waals surface area contributed by atoms with Gasteiger partial charge in [-0.1, -0.05) is 437 Å². The van der Waals surface area contributed by atoms with Crippen molar-refractivity contribution in [3.8, 4) is 134 Å². The second-order valence-corrected chi connectivity index (χ2v) is 41.2. The minimum absolute atomic E-state index is 1.09. The first-order chi connectivity index (χ1) is 74.2. The highest BCUT2D eigenvalue weighted by Gasteiger charge is 2.32. The van der Waals surface area contributed by atoms with Crippen molar-refractivity contribution >= 4 is 194 Å². The second-order valence-electron chi connectivity index (χ2n) is 41.2. The predicted octanol–water partition coefficient (Wildman–Crippen LogP) is 42.4. The fourth-order valence-electron chi connectivity index (χ4n) is 25.1. The van der Waals surface area contributed by atoms with Crippen LogP contribution in [0, 0.1) is 0 Å². The van der Waals surface area contributed by atoms with Gasteiger partial charge in [0.25, 0.3) is 0 Å². The van der Waals surface area contributed by atoms with Gasteiger partial charge >= 0.3 is 0 Å². The Morgan fingerprint density at radius 2 is 0.167 bits per heavy atom. The van der Waals surface area contributed by atoms with Crippen molar-refractivity contribution in [2.24, 2.45) is 0 Å². The lowest BCUT2D eigenvalue weighted by Gasteiger charge is -2.30. The molecule has 0 aliphatic carbocycles. The molecule has 0 heteroatoms. The Morgan fingerprint density at radius 1 is 0.0600 bits per heavy atom. The normalized spacial score (nSPS) is 12.0. The van der Waals surface area contributed by atoms with E-state index in [1.807, 2.05) is 0 Å². The molecule has 0 heterocycles. The smallest absolute Gasteiger partial charge is 0.00136 e. The molecule has 0 amide bonds. The Labute approximate surface area is 866 Å². The van der Waals surface area contributed by atoms with E-state index in [2.05, 4.69) is 546 Å². The molecule has 0 bridgehead atoms. The number of rotatable bonds is 12. The van der Waals surface area contributed by atoms with Gasteiger partial charge in [-0.3, -0.25) is 0 Å². The van der Waals surface area contributed by atoms with Gasteiger partial charge < -0.3 is 0 Å². The molecule has 0 fully saturated rings. The summed E-state index contributed by atoms with van der Waals surface area (Å²) in [7, 11) is 0. The van der Waals surface area contributed by atoms with Crippen molar-refractivity contribution in [3.63, 3.8) is 0 Å². The number of hydrogen-bond donors (Lipinski definition) is 0. The SMILES string of the molecule is c1ccc2cc(-c3ccc4c(ccc5ccc(-c6c(-c7ccc8ccc9cc(-c%10ccc%11ccccc%11c%10)ccc9c8c7)c(-c7ccc8ccc9cc(-c%10ccc%11ccccc%11c%10)ccc9c8c7)c(-c7ccc8ccc9cc(-c%10ccc%11ccccc%11c%10)ccc9c8c7)c(-c7ccc8ccc9cc(-c%10ccc%11ccccc%11c%10)ccc9c8c7)c6-c6ccc7ccc8cc(-c9ccc%10ccccc%10c9)ccc8c7c6)cc54)c3)ccc2c1. The van der Waals surface area contributed by atoms with Crippen molar-refractivity contribution in [1.82, 2.24) is 0 Å². The molecule has 0 saturated carbocycles. The van der Waals surface area contributed by atoms with Gasteiger partial charge in [-0.15, -0.1) is 0 Å². The highest BCUT2D eigenvalue weighted by Crippen LogP contribution is 2.59. The van der Waals surface area contributed by atoms with Gasteiger partial charge in [-0.05, 0) is 437 Å². The van der Waals surface area contributed by atoms with Crippen molar-refractivity contribution in [3.05, 3.63) is 546 Å². The molecule has 0 nitrogen and oxygen atoms in total. The summed E-state index contributed by atoms with van der Waals surface area (Å²) in [4.78, 5) is 0. The van der Waals surface area contributed by atoms with Crippen LogP contribution in [-0.2, 0) is 0 Å². The fourth-order valence-corrected chi connectivity index (χ4v) is 25.1. The molecule has 0 atom stereocenters. The Kier molecular flexibility index (Phi) is 19.3. The van der Waals surface area contributed by atoms with Crippen molar-refractivity contribution in [2.45, 2.75) is 0 Å². The van der Waals surface area contributed by atoms with Crippen LogP contribution in [0.4, 0.5) is 0 Å². The zero-order chi connectivity index (χ0) is 98.3. The molecule has 0 unspecified atom stereocenters. The third kappa shape index (κ3) is 14.3. The van der Waals surface area contributed by atoms with Crippen LogP contribution >= 0.6 is 0 Å². The van der Waals surface area contributed by atoms with E-state index < -0.39 is 0 Å². The largest absolute Gasteiger partial charge is 0.0616 e. The van der Waals surface area contributed by atoms with E-state index in [1.54, 1.807) is 0 Å². The second kappa shape index (κ2) is 34.1. The Bertz CT molecular complexity index is 9620. The van der Waals surface area contributed by atoms with Gasteiger partial charge in [0.05, 0.1) is 0 Å². The van der Waals surface area contributed by atoms with Crippen LogP contribution in [0.3, 0.4) is 0 Å². The zero-order valence-corrected chi connectivity index (χ0v) is 82.0. The Hall–Kier alpha value is -19.5. The summed E-state index contributed by atoms with van der Waals surface area (Å²) >= 11 is 0. The van der Waals surface area contributed by atoms with Gasteiger partial charge in [0.2, 0.25) is 0 Å². The third-order valence-corrected chi connectivity index (χ3v) is 32.8. The lowest BCUT2D eigenvalue weighted by molar-refractivity contribution is 1.54. The topological polar surface area (TPSA) is 0 Å². The molecular weight excluding hydrogens is 1800 g/mol. The van der Waals surface area contributed by atoms with Gasteiger partial charge in [0, 0.05) is 0 Å². The Morgan fingerprint density at radius 3 is 0.320 bits per heavy atom. The summed E-state index contributed by atoms with van der Waals surface area (Å²) in [5, 5.41) is 42.8. The van der Waals surface area contributed by atoms with Crippen LogP contribution in [-0.4, -0.2) is 0 Å². The van der Waals surface area contributed by atoms with Crippen molar-refractivity contribution < 1.29 is 0 Å². The number of hydrogen-bond acceptors (Lipinski definition) is 0. The monoisotopic (exact) mass is 1890 g/mol. The van der Waals surface area contributed by atoms with Gasteiger partial charge in [0.1, 0.15) is 0 Å². The van der Waals surface area contributed by atoms with Crippen molar-refractivity contribution in [1.29, 1.82) is 0 Å². The van der Waals surface area contributed by atoms with E-state index >= 15 is 0 Å². The lowest BCUT2D eigenvalue weighted by atomic mass is 9.73. The maximum Gasteiger partial charge on any atom is -0.00136 e. The van der Waals surface area contributed by atoms with Crippen molar-refractivity contribution in [2.75, 3.05) is 0 Å². The van der Waals surface area contributed by atoms with Gasteiger partial charge in [-0.25, -0.2) is 0 Å². The lowest BCUT2D eigenvalue weighted by Crippen LogP contribution is -2.03. The minimum atomic E-state index is 1.09. The summed E-state index contributed by atoms with van der Waals surface area (Å²) in [5.41, 5.74) is 27.5. The molecule has 0 N–H and O–H groups in total. The molecule has 0 saturated heterocycles. The minimum Gasteiger partial charge on any atom is -0.0616 e. The average molecular weight is 1890 g/mol. The van der Waals surface area contributed by atoms with E-state index in [4.69, 9.17) is 0 Å². The molecule has 0 aromatic heterocycles. The first-order valence-corrected chi connectivity index (χ1v) is 52.2. The van der Waals surface area contributed by atoms with E-state index in [-0.39, 0.29) is 0 Å². The number of benzene rings is 31. The van der Waals surface area contributed by atoms with Crippen LogP contribution in [0.1, 0.15) is 0 Å². The molecular formula is C150H90. The van der Waals surface area contributed by atoms with Crippen LogP contribution in [0.15, 0.2) is 546 Å². The quantitative estimate of drug-likeness (QED) is 0.107. The number of fused-ring (bicyclic) bond motifs is 24. The molecule has 31 aromatic rings. The highest BCUT2D eigenvalue weighted by atomic mass is 14.3. The molecule has 690 valence electrons. The molecule has 31 aromatic carbocycles. The maximum atomic E-state index is 2.58.